The highest BCUT2D eigenvalue weighted by atomic mass is 79.9. The maximum Gasteiger partial charge on any atom is 0.491 e. The molecular formula is C18H27BBrNO2. The largest absolute Gasteiger partial charge is 0.491 e. The van der Waals surface area contributed by atoms with Crippen molar-refractivity contribution in [2.24, 2.45) is 0 Å². The third-order valence-corrected chi connectivity index (χ3v) is 5.26. The Morgan fingerprint density at radius 2 is 1.83 bits per heavy atom. The van der Waals surface area contributed by atoms with Gasteiger partial charge < -0.3 is 14.6 Å². The Kier molecular flexibility index (Phi) is 5.78. The van der Waals surface area contributed by atoms with Crippen LogP contribution in [0.2, 0.25) is 0 Å². The maximum atomic E-state index is 6.21. The molecule has 0 unspecified atom stereocenters. The molecule has 0 spiro atoms. The zero-order valence-corrected chi connectivity index (χ0v) is 16.6. The van der Waals surface area contributed by atoms with E-state index in [4.69, 9.17) is 9.31 Å². The lowest BCUT2D eigenvalue weighted by Crippen LogP contribution is -2.41. The van der Waals surface area contributed by atoms with E-state index in [1.54, 1.807) is 0 Å². The summed E-state index contributed by atoms with van der Waals surface area (Å²) in [5, 5.41) is 3.23. The van der Waals surface area contributed by atoms with Gasteiger partial charge in [-0.05, 0) is 69.9 Å². The lowest BCUT2D eigenvalue weighted by Gasteiger charge is -2.32. The van der Waals surface area contributed by atoms with Crippen molar-refractivity contribution in [3.05, 3.63) is 39.3 Å². The molecule has 1 aromatic rings. The molecule has 0 atom stereocenters. The number of halogens is 1. The van der Waals surface area contributed by atoms with Gasteiger partial charge in [0.1, 0.15) is 0 Å². The van der Waals surface area contributed by atoms with Crippen molar-refractivity contribution in [2.75, 3.05) is 13.6 Å². The molecule has 126 valence electrons. The van der Waals surface area contributed by atoms with Crippen molar-refractivity contribution in [2.45, 2.75) is 52.2 Å². The van der Waals surface area contributed by atoms with Crippen molar-refractivity contribution in [1.82, 2.24) is 5.32 Å². The van der Waals surface area contributed by atoms with E-state index in [0.717, 1.165) is 22.9 Å². The fourth-order valence-corrected chi connectivity index (χ4v) is 3.03. The zero-order chi connectivity index (χ0) is 17.3. The summed E-state index contributed by atoms with van der Waals surface area (Å²) in [6, 6.07) is 6.39. The number of benzene rings is 1. The van der Waals surface area contributed by atoms with E-state index in [1.807, 2.05) is 7.05 Å². The lowest BCUT2D eigenvalue weighted by atomic mass is 9.76. The minimum Gasteiger partial charge on any atom is -0.400 e. The minimum absolute atomic E-state index is 0.319. The van der Waals surface area contributed by atoms with Crippen molar-refractivity contribution < 1.29 is 9.31 Å². The molecule has 1 fully saturated rings. The molecule has 0 aliphatic carbocycles. The van der Waals surface area contributed by atoms with Gasteiger partial charge in [0.15, 0.2) is 0 Å². The third-order valence-electron chi connectivity index (χ3n) is 4.76. The zero-order valence-electron chi connectivity index (χ0n) is 15.0. The van der Waals surface area contributed by atoms with E-state index >= 15 is 0 Å². The first-order chi connectivity index (χ1) is 10.7. The van der Waals surface area contributed by atoms with Gasteiger partial charge in [-0.15, -0.1) is 0 Å². The van der Waals surface area contributed by atoms with Crippen LogP contribution in [0.15, 0.2) is 28.1 Å². The molecule has 1 aliphatic rings. The summed E-state index contributed by atoms with van der Waals surface area (Å²) < 4.78 is 13.5. The van der Waals surface area contributed by atoms with Crippen molar-refractivity contribution >= 4 is 29.1 Å². The van der Waals surface area contributed by atoms with Crippen LogP contribution in [0, 0.1) is 0 Å². The monoisotopic (exact) mass is 379 g/mol. The Hall–Kier alpha value is -0.615. The van der Waals surface area contributed by atoms with E-state index in [0.29, 0.717) is 0 Å². The predicted octanol–water partition coefficient (Wildman–Crippen LogP) is 4.25. The van der Waals surface area contributed by atoms with Crippen LogP contribution >= 0.6 is 15.9 Å². The highest BCUT2D eigenvalue weighted by Crippen LogP contribution is 2.38. The second-order valence-corrected chi connectivity index (χ2v) is 7.95. The second kappa shape index (κ2) is 7.10. The minimum atomic E-state index is -0.322. The second-order valence-electron chi connectivity index (χ2n) is 7.03. The van der Waals surface area contributed by atoms with Gasteiger partial charge in [-0.25, -0.2) is 0 Å². The van der Waals surface area contributed by atoms with Crippen LogP contribution in [0.25, 0.3) is 6.08 Å². The first-order valence-corrected chi connectivity index (χ1v) is 8.98. The van der Waals surface area contributed by atoms with Crippen LogP contribution in [0.4, 0.5) is 0 Å². The molecule has 0 bridgehead atoms. The van der Waals surface area contributed by atoms with Crippen molar-refractivity contribution in [1.29, 1.82) is 0 Å². The van der Waals surface area contributed by atoms with E-state index in [-0.39, 0.29) is 18.3 Å². The Morgan fingerprint density at radius 3 is 2.35 bits per heavy atom. The first-order valence-electron chi connectivity index (χ1n) is 8.19. The predicted molar refractivity (Wildman–Crippen MR) is 102 cm³/mol. The number of nitrogens with one attached hydrogen (secondary N) is 1. The number of aryl methyl sites for hydroxylation is 1. The summed E-state index contributed by atoms with van der Waals surface area (Å²) in [6.45, 7) is 11.2. The molecule has 0 aromatic heterocycles. The molecule has 1 N–H and O–H groups in total. The summed E-state index contributed by atoms with van der Waals surface area (Å²) >= 11 is 3.55. The van der Waals surface area contributed by atoms with Crippen molar-refractivity contribution in [3.8, 4) is 0 Å². The summed E-state index contributed by atoms with van der Waals surface area (Å²) in [7, 11) is 1.63. The molecule has 0 saturated carbocycles. The Bertz CT molecular complexity index is 583. The maximum absolute atomic E-state index is 6.21. The third kappa shape index (κ3) is 4.08. The summed E-state index contributed by atoms with van der Waals surface area (Å²) in [5.74, 6) is 0. The van der Waals surface area contributed by atoms with Gasteiger partial charge in [-0.2, -0.15) is 0 Å². The molecular weight excluding hydrogens is 353 g/mol. The molecule has 0 radical (unpaired) electrons. The number of hydrogen-bond acceptors (Lipinski definition) is 3. The fourth-order valence-electron chi connectivity index (χ4n) is 2.62. The van der Waals surface area contributed by atoms with Gasteiger partial charge in [0.05, 0.1) is 11.2 Å². The van der Waals surface area contributed by atoms with Crippen LogP contribution < -0.4 is 5.32 Å². The van der Waals surface area contributed by atoms with Gasteiger partial charge in [-0.3, -0.25) is 0 Å². The molecule has 2 rings (SSSR count). The summed E-state index contributed by atoms with van der Waals surface area (Å²) in [4.78, 5) is 0. The molecule has 1 heterocycles. The van der Waals surface area contributed by atoms with Crippen LogP contribution in [-0.4, -0.2) is 31.9 Å². The average Bonchev–Trinajstić information content (AvgIpc) is 2.68. The smallest absolute Gasteiger partial charge is 0.400 e. The van der Waals surface area contributed by atoms with E-state index < -0.39 is 0 Å². The normalized spacial score (nSPS) is 20.1. The van der Waals surface area contributed by atoms with Crippen LogP contribution in [0.1, 0.15) is 45.7 Å². The topological polar surface area (TPSA) is 30.5 Å². The first kappa shape index (κ1) is 18.7. The summed E-state index contributed by atoms with van der Waals surface area (Å²) in [6.07, 6.45) is 3.19. The summed E-state index contributed by atoms with van der Waals surface area (Å²) in [5.41, 5.74) is 3.00. The molecule has 0 amide bonds. The van der Waals surface area contributed by atoms with Gasteiger partial charge in [0.2, 0.25) is 0 Å². The fraction of sp³-hybridized carbons (Fsp3) is 0.556. The van der Waals surface area contributed by atoms with E-state index in [9.17, 15) is 0 Å². The standard InChI is InChI=1S/C18H27BBrNO2/c1-7-13-11-16(20)9-8-14(13)10-15(12-21-6)19-22-17(2,3)18(4,5)23-19/h8-11,21H,7,12H2,1-6H3. The molecule has 1 aromatic carbocycles. The molecule has 1 aliphatic heterocycles. The molecule has 1 saturated heterocycles. The average molecular weight is 380 g/mol. The highest BCUT2D eigenvalue weighted by Gasteiger charge is 2.52. The number of hydrogen-bond donors (Lipinski definition) is 1. The lowest BCUT2D eigenvalue weighted by molar-refractivity contribution is 0.00578. The van der Waals surface area contributed by atoms with Crippen molar-refractivity contribution in [3.63, 3.8) is 0 Å². The Balaban J connectivity index is 2.36. The van der Waals surface area contributed by atoms with E-state index in [2.05, 4.69) is 80.1 Å². The van der Waals surface area contributed by atoms with Gasteiger partial charge >= 0.3 is 7.12 Å². The van der Waals surface area contributed by atoms with Gasteiger partial charge in [-0.1, -0.05) is 35.0 Å². The van der Waals surface area contributed by atoms with Gasteiger partial charge in [0.25, 0.3) is 0 Å². The Morgan fingerprint density at radius 1 is 1.22 bits per heavy atom. The Labute approximate surface area is 149 Å². The molecule has 3 nitrogen and oxygen atoms in total. The van der Waals surface area contributed by atoms with Crippen LogP contribution in [0.3, 0.4) is 0 Å². The van der Waals surface area contributed by atoms with E-state index in [1.165, 1.54) is 11.1 Å². The van der Waals surface area contributed by atoms with Gasteiger partial charge in [0, 0.05) is 11.0 Å². The molecule has 5 heteroatoms. The number of likely N-dealkylation sites (N-methyl/N-ethyl adjacent to an activating group) is 1. The van der Waals surface area contributed by atoms with Crippen LogP contribution in [-0.2, 0) is 15.7 Å². The highest BCUT2D eigenvalue weighted by molar-refractivity contribution is 9.10. The number of rotatable bonds is 5. The molecule has 23 heavy (non-hydrogen) atoms. The SMILES string of the molecule is CCc1cc(Br)ccc1C=C(CNC)B1OC(C)(C)C(C)(C)O1. The quantitative estimate of drug-likeness (QED) is 0.776. The van der Waals surface area contributed by atoms with Crippen LogP contribution in [0.5, 0.6) is 0 Å².